The van der Waals surface area contributed by atoms with E-state index >= 15 is 0 Å². The molecule has 1 saturated heterocycles. The fourth-order valence-electron chi connectivity index (χ4n) is 5.06. The van der Waals surface area contributed by atoms with Gasteiger partial charge < -0.3 is 24.3 Å². The molecule has 3 aromatic heterocycles. The molecule has 2 aliphatic rings. The lowest BCUT2D eigenvalue weighted by atomic mass is 10.0. The van der Waals surface area contributed by atoms with Crippen molar-refractivity contribution >= 4 is 44.7 Å². The van der Waals surface area contributed by atoms with Gasteiger partial charge in [0.2, 0.25) is 0 Å². The molecule has 0 aromatic carbocycles. The Morgan fingerprint density at radius 3 is 2.55 bits per heavy atom. The molecule has 0 radical (unpaired) electrons. The number of morpholine rings is 1. The highest BCUT2D eigenvalue weighted by Crippen LogP contribution is 2.40. The second kappa shape index (κ2) is 11.9. The first kappa shape index (κ1) is 26.7. The second-order valence-electron chi connectivity index (χ2n) is 9.36. The number of carbonyl (C=O) groups excluding carboxylic acids is 2. The van der Waals surface area contributed by atoms with Crippen molar-refractivity contribution < 1.29 is 19.1 Å². The van der Waals surface area contributed by atoms with Crippen molar-refractivity contribution in [3.05, 3.63) is 51.7 Å². The number of rotatable bonds is 8. The molecule has 0 aliphatic carbocycles. The molecule has 38 heavy (non-hydrogen) atoms. The highest BCUT2D eigenvalue weighted by atomic mass is 32.1. The quantitative estimate of drug-likeness (QED) is 0.393. The van der Waals surface area contributed by atoms with Crippen molar-refractivity contribution in [3.63, 3.8) is 0 Å². The molecule has 3 aromatic rings. The minimum atomic E-state index is -0.418. The van der Waals surface area contributed by atoms with Gasteiger partial charge in [-0.3, -0.25) is 10.2 Å². The number of hydrogen-bond donors (Lipinski definition) is 2. The number of esters is 1. The van der Waals surface area contributed by atoms with Crippen LogP contribution in [-0.4, -0.2) is 67.5 Å². The Morgan fingerprint density at radius 2 is 1.84 bits per heavy atom. The first-order valence-corrected chi connectivity index (χ1v) is 14.8. The Labute approximate surface area is 231 Å². The van der Waals surface area contributed by atoms with Crippen molar-refractivity contribution in [1.82, 2.24) is 14.8 Å². The van der Waals surface area contributed by atoms with Crippen molar-refractivity contribution in [3.8, 4) is 5.00 Å². The summed E-state index contributed by atoms with van der Waals surface area (Å²) >= 11 is 3.22. The SMILES string of the molecule is CCOC(=O)c1c(NC(=O)NCc2c(-n3cccc3)sc3c2CCN(CC)C3)sc(N2CCOCC2)c1C. The molecule has 9 nitrogen and oxygen atoms in total. The fraction of sp³-hybridized carbons (Fsp3) is 0.481. The summed E-state index contributed by atoms with van der Waals surface area (Å²) in [6.45, 7) is 12.3. The number of fused-ring (bicyclic) bond motifs is 1. The summed E-state index contributed by atoms with van der Waals surface area (Å²) in [4.78, 5) is 32.1. The first-order valence-electron chi connectivity index (χ1n) is 13.2. The molecule has 0 spiro atoms. The molecule has 5 heterocycles. The molecule has 11 heteroatoms. The Morgan fingerprint density at radius 1 is 1.08 bits per heavy atom. The number of amides is 2. The number of likely N-dealkylation sites (N-methyl/N-ethyl adjacent to an activating group) is 1. The summed E-state index contributed by atoms with van der Waals surface area (Å²) in [5, 5.41) is 8.65. The summed E-state index contributed by atoms with van der Waals surface area (Å²) in [7, 11) is 0. The van der Waals surface area contributed by atoms with E-state index in [9.17, 15) is 9.59 Å². The topological polar surface area (TPSA) is 88.1 Å². The zero-order valence-electron chi connectivity index (χ0n) is 22.2. The van der Waals surface area contributed by atoms with E-state index in [2.05, 4.69) is 31.9 Å². The van der Waals surface area contributed by atoms with Gasteiger partial charge in [-0.25, -0.2) is 9.59 Å². The highest BCUT2D eigenvalue weighted by Gasteiger charge is 2.28. The Bertz CT molecular complexity index is 1280. The third-order valence-corrected chi connectivity index (χ3v) is 9.60. The van der Waals surface area contributed by atoms with Gasteiger partial charge in [-0.2, -0.15) is 0 Å². The standard InChI is InChI=1S/C27H35N5O4S2/c1-4-30-11-8-19-20(25(37-21(19)17-30)31-9-6-7-10-31)16-28-27(34)29-23-22(26(33)36-5-2)18(3)24(38-23)32-12-14-35-15-13-32/h6-7,9-10H,4-5,8,11-17H2,1-3H3,(H2,28,29,34). The third-order valence-electron chi connectivity index (χ3n) is 7.06. The molecular weight excluding hydrogens is 522 g/mol. The number of nitrogens with one attached hydrogen (secondary N) is 2. The number of aromatic nitrogens is 1. The van der Waals surface area contributed by atoms with Crippen LogP contribution in [-0.2, 0) is 29.0 Å². The van der Waals surface area contributed by atoms with Crippen molar-refractivity contribution in [2.45, 2.75) is 40.3 Å². The maximum Gasteiger partial charge on any atom is 0.341 e. The third kappa shape index (κ3) is 5.47. The molecule has 204 valence electrons. The van der Waals surface area contributed by atoms with Gasteiger partial charge in [0.05, 0.1) is 30.4 Å². The smallest absolute Gasteiger partial charge is 0.341 e. The van der Waals surface area contributed by atoms with E-state index in [4.69, 9.17) is 9.47 Å². The van der Waals surface area contributed by atoms with Gasteiger partial charge in [0.15, 0.2) is 0 Å². The lowest BCUT2D eigenvalue weighted by molar-refractivity contribution is 0.0527. The molecule has 2 amide bonds. The summed E-state index contributed by atoms with van der Waals surface area (Å²) in [5.74, 6) is -0.418. The zero-order valence-corrected chi connectivity index (χ0v) is 23.8. The summed E-state index contributed by atoms with van der Waals surface area (Å²) in [6, 6.07) is 3.70. The van der Waals surface area contributed by atoms with E-state index in [1.165, 1.54) is 21.8 Å². The lowest BCUT2D eigenvalue weighted by Crippen LogP contribution is -2.36. The summed E-state index contributed by atoms with van der Waals surface area (Å²) in [6.07, 6.45) is 5.07. The van der Waals surface area contributed by atoms with Crippen LogP contribution in [0.3, 0.4) is 0 Å². The normalized spacial score (nSPS) is 15.8. The van der Waals surface area contributed by atoms with Gasteiger partial charge in [-0.15, -0.1) is 11.3 Å². The van der Waals surface area contributed by atoms with Gasteiger partial charge >= 0.3 is 12.0 Å². The predicted octanol–water partition coefficient (Wildman–Crippen LogP) is 4.62. The van der Waals surface area contributed by atoms with Crippen LogP contribution in [0.5, 0.6) is 0 Å². The zero-order chi connectivity index (χ0) is 26.6. The van der Waals surface area contributed by atoms with Crippen molar-refractivity contribution in [2.75, 3.05) is 56.2 Å². The van der Waals surface area contributed by atoms with Gasteiger partial charge in [-0.05, 0) is 44.5 Å². The van der Waals surface area contributed by atoms with Gasteiger partial charge in [0, 0.05) is 61.1 Å². The van der Waals surface area contributed by atoms with Crippen molar-refractivity contribution in [2.24, 2.45) is 0 Å². The first-order chi connectivity index (χ1) is 18.5. The van der Waals surface area contributed by atoms with E-state index in [0.717, 1.165) is 60.3 Å². The van der Waals surface area contributed by atoms with Crippen LogP contribution in [0.15, 0.2) is 24.5 Å². The number of nitrogens with zero attached hydrogens (tertiary/aromatic N) is 3. The molecule has 0 atom stereocenters. The molecule has 0 bridgehead atoms. The van der Waals surface area contributed by atoms with Crippen LogP contribution in [0.2, 0.25) is 0 Å². The fourth-order valence-corrected chi connectivity index (χ4v) is 7.68. The number of thiophene rings is 2. The molecule has 0 unspecified atom stereocenters. The van der Waals surface area contributed by atoms with Gasteiger partial charge in [0.1, 0.15) is 10.0 Å². The van der Waals surface area contributed by atoms with Crippen LogP contribution in [0.1, 0.15) is 45.8 Å². The molecule has 5 rings (SSSR count). The second-order valence-corrected chi connectivity index (χ2v) is 11.4. The lowest BCUT2D eigenvalue weighted by Gasteiger charge is -2.28. The number of carbonyl (C=O) groups is 2. The van der Waals surface area contributed by atoms with Crippen LogP contribution < -0.4 is 15.5 Å². The molecular formula is C27H35N5O4S2. The predicted molar refractivity (Wildman–Crippen MR) is 152 cm³/mol. The summed E-state index contributed by atoms with van der Waals surface area (Å²) < 4.78 is 13.0. The molecule has 1 fully saturated rings. The van der Waals surface area contributed by atoms with Gasteiger partial charge in [-0.1, -0.05) is 18.3 Å². The Balaban J connectivity index is 1.36. The monoisotopic (exact) mass is 557 g/mol. The maximum atomic E-state index is 13.2. The number of ether oxygens (including phenoxy) is 2. The minimum Gasteiger partial charge on any atom is -0.462 e. The Kier molecular flexibility index (Phi) is 8.37. The van der Waals surface area contributed by atoms with Crippen LogP contribution in [0.25, 0.3) is 5.00 Å². The average molecular weight is 558 g/mol. The molecule has 0 saturated carbocycles. The van der Waals surface area contributed by atoms with Crippen molar-refractivity contribution in [1.29, 1.82) is 0 Å². The van der Waals surface area contributed by atoms with Gasteiger partial charge in [0.25, 0.3) is 0 Å². The van der Waals surface area contributed by atoms with E-state index in [0.29, 0.717) is 30.3 Å². The van der Waals surface area contributed by atoms with E-state index in [-0.39, 0.29) is 12.6 Å². The number of hydrogen-bond acceptors (Lipinski definition) is 8. The van der Waals surface area contributed by atoms with E-state index in [1.807, 2.05) is 31.5 Å². The van der Waals surface area contributed by atoms with E-state index in [1.54, 1.807) is 18.3 Å². The maximum absolute atomic E-state index is 13.2. The molecule has 2 N–H and O–H groups in total. The summed E-state index contributed by atoms with van der Waals surface area (Å²) in [5.41, 5.74) is 3.76. The Hall–Kier alpha value is -2.86. The van der Waals surface area contributed by atoms with Crippen LogP contribution in [0.4, 0.5) is 14.8 Å². The highest BCUT2D eigenvalue weighted by molar-refractivity contribution is 7.20. The van der Waals surface area contributed by atoms with E-state index < -0.39 is 5.97 Å². The van der Waals surface area contributed by atoms with Crippen LogP contribution in [0, 0.1) is 6.92 Å². The largest absolute Gasteiger partial charge is 0.462 e. The number of urea groups is 1. The number of anilines is 2. The minimum absolute atomic E-state index is 0.271. The average Bonchev–Trinajstić information content (AvgIpc) is 3.65. The molecule has 2 aliphatic heterocycles. The van der Waals surface area contributed by atoms with Crippen LogP contribution >= 0.6 is 22.7 Å².